The highest BCUT2D eigenvalue weighted by Gasteiger charge is 2.18. The van der Waals surface area contributed by atoms with Crippen LogP contribution < -0.4 is 10.6 Å². The van der Waals surface area contributed by atoms with Gasteiger partial charge in [-0.05, 0) is 62.9 Å². The van der Waals surface area contributed by atoms with Crippen molar-refractivity contribution in [2.24, 2.45) is 4.99 Å². The number of carbonyl (C=O) groups excluding carboxylic acids is 1. The van der Waals surface area contributed by atoms with Crippen LogP contribution in [-0.4, -0.2) is 42.9 Å². The lowest BCUT2D eigenvalue weighted by atomic mass is 10.1. The zero-order chi connectivity index (χ0) is 20.6. The summed E-state index contributed by atoms with van der Waals surface area (Å²) >= 11 is 1.84. The van der Waals surface area contributed by atoms with Gasteiger partial charge in [-0.2, -0.15) is 0 Å². The predicted molar refractivity (Wildman–Crippen MR) is 137 cm³/mol. The number of thiophene rings is 1. The van der Waals surface area contributed by atoms with Gasteiger partial charge in [0.15, 0.2) is 5.96 Å². The number of halogens is 1. The number of piperidine rings is 1. The molecule has 7 heteroatoms. The Morgan fingerprint density at radius 3 is 2.63 bits per heavy atom. The lowest BCUT2D eigenvalue weighted by molar-refractivity contribution is 0.0724. The minimum absolute atomic E-state index is 0. The number of aliphatic imine (C=N–C) groups is 1. The first-order chi connectivity index (χ1) is 14.0. The molecule has 3 rings (SSSR count). The quantitative estimate of drug-likeness (QED) is 0.320. The molecule has 1 aromatic heterocycles. The highest BCUT2D eigenvalue weighted by Crippen LogP contribution is 2.17. The summed E-state index contributed by atoms with van der Waals surface area (Å²) in [5.41, 5.74) is 1.85. The SMILES string of the molecule is CN=C(NCc1cccc(C(=O)N2CCCCC2)c1)NC(C)Cc1ccc(C)s1.I. The van der Waals surface area contributed by atoms with Crippen LogP contribution in [0.4, 0.5) is 0 Å². The number of rotatable bonds is 6. The third-order valence-corrected chi connectivity index (χ3v) is 6.21. The van der Waals surface area contributed by atoms with Crippen molar-refractivity contribution in [3.05, 3.63) is 57.3 Å². The van der Waals surface area contributed by atoms with Gasteiger partial charge in [-0.1, -0.05) is 12.1 Å². The summed E-state index contributed by atoms with van der Waals surface area (Å²) in [4.78, 5) is 21.8. The summed E-state index contributed by atoms with van der Waals surface area (Å²) in [5.74, 6) is 0.924. The number of hydrogen-bond acceptors (Lipinski definition) is 3. The van der Waals surface area contributed by atoms with Crippen LogP contribution >= 0.6 is 35.3 Å². The number of amides is 1. The number of nitrogens with zero attached hydrogens (tertiary/aromatic N) is 2. The molecule has 1 atom stereocenters. The van der Waals surface area contributed by atoms with Gasteiger partial charge in [-0.3, -0.25) is 9.79 Å². The standard InChI is InChI=1S/C23H32N4OS.HI/c1-17(14-21-11-10-18(2)29-21)26-23(24-3)25-16-19-8-7-9-20(15-19)22(28)27-12-5-4-6-13-27;/h7-11,15,17H,4-6,12-14,16H2,1-3H3,(H2,24,25,26);1H. The van der Waals surface area contributed by atoms with Gasteiger partial charge < -0.3 is 15.5 Å². The Kier molecular flexibility index (Phi) is 10.1. The maximum absolute atomic E-state index is 12.7. The summed E-state index contributed by atoms with van der Waals surface area (Å²) in [6.45, 7) is 6.68. The molecule has 0 aliphatic carbocycles. The van der Waals surface area contributed by atoms with E-state index in [0.717, 1.165) is 49.4 Å². The van der Waals surface area contributed by atoms with E-state index in [-0.39, 0.29) is 35.9 Å². The Morgan fingerprint density at radius 2 is 1.97 bits per heavy atom. The predicted octanol–water partition coefficient (Wildman–Crippen LogP) is 4.60. The minimum atomic E-state index is 0. The lowest BCUT2D eigenvalue weighted by Crippen LogP contribution is -2.42. The lowest BCUT2D eigenvalue weighted by Gasteiger charge is -2.26. The Bertz CT molecular complexity index is 845. The molecule has 0 radical (unpaired) electrons. The Balaban J connectivity index is 0.00000320. The van der Waals surface area contributed by atoms with Crippen molar-refractivity contribution >= 4 is 47.2 Å². The van der Waals surface area contributed by atoms with Crippen molar-refractivity contribution in [3.8, 4) is 0 Å². The molecule has 1 aliphatic heterocycles. The fourth-order valence-electron chi connectivity index (χ4n) is 3.66. The van der Waals surface area contributed by atoms with Gasteiger partial charge in [0, 0.05) is 54.5 Å². The zero-order valence-corrected chi connectivity index (χ0v) is 21.3. The first-order valence-corrected chi connectivity index (χ1v) is 11.3. The molecule has 1 aliphatic rings. The van der Waals surface area contributed by atoms with Crippen LogP contribution in [0, 0.1) is 6.92 Å². The number of benzene rings is 1. The van der Waals surface area contributed by atoms with Crippen LogP contribution in [0.2, 0.25) is 0 Å². The van der Waals surface area contributed by atoms with Gasteiger partial charge in [-0.15, -0.1) is 35.3 Å². The van der Waals surface area contributed by atoms with Crippen molar-refractivity contribution < 1.29 is 4.79 Å². The number of likely N-dealkylation sites (tertiary alicyclic amines) is 1. The van der Waals surface area contributed by atoms with E-state index >= 15 is 0 Å². The van der Waals surface area contributed by atoms with Crippen molar-refractivity contribution in [3.63, 3.8) is 0 Å². The number of hydrogen-bond donors (Lipinski definition) is 2. The fourth-order valence-corrected chi connectivity index (χ4v) is 4.67. The van der Waals surface area contributed by atoms with E-state index in [1.807, 2.05) is 40.5 Å². The Morgan fingerprint density at radius 1 is 1.20 bits per heavy atom. The van der Waals surface area contributed by atoms with Crippen LogP contribution in [0.3, 0.4) is 0 Å². The first kappa shape index (κ1) is 24.7. The van der Waals surface area contributed by atoms with Gasteiger partial charge in [0.1, 0.15) is 0 Å². The van der Waals surface area contributed by atoms with Gasteiger partial charge in [0.25, 0.3) is 5.91 Å². The average molecular weight is 541 g/mol. The molecule has 1 aromatic carbocycles. The molecule has 2 heterocycles. The summed E-state index contributed by atoms with van der Waals surface area (Å²) < 4.78 is 0. The molecule has 1 fully saturated rings. The second kappa shape index (κ2) is 12.3. The van der Waals surface area contributed by atoms with Crippen molar-refractivity contribution in [1.82, 2.24) is 15.5 Å². The Hall–Kier alpha value is -1.61. The minimum Gasteiger partial charge on any atom is -0.354 e. The second-order valence-electron chi connectivity index (χ2n) is 7.74. The second-order valence-corrected chi connectivity index (χ2v) is 9.11. The number of aryl methyl sites for hydroxylation is 1. The van der Waals surface area contributed by atoms with Crippen LogP contribution in [-0.2, 0) is 13.0 Å². The molecule has 1 amide bonds. The topological polar surface area (TPSA) is 56.7 Å². The smallest absolute Gasteiger partial charge is 0.253 e. The molecule has 2 N–H and O–H groups in total. The summed E-state index contributed by atoms with van der Waals surface area (Å²) in [6.07, 6.45) is 4.42. The first-order valence-electron chi connectivity index (χ1n) is 10.5. The molecule has 0 bridgehead atoms. The van der Waals surface area contributed by atoms with E-state index < -0.39 is 0 Å². The molecule has 0 spiro atoms. The third-order valence-electron chi connectivity index (χ3n) is 5.19. The van der Waals surface area contributed by atoms with Gasteiger partial charge in [0.2, 0.25) is 0 Å². The van der Waals surface area contributed by atoms with Gasteiger partial charge in [-0.25, -0.2) is 0 Å². The van der Waals surface area contributed by atoms with E-state index in [1.54, 1.807) is 7.05 Å². The van der Waals surface area contributed by atoms with E-state index in [9.17, 15) is 4.79 Å². The van der Waals surface area contributed by atoms with Gasteiger partial charge in [0.05, 0.1) is 0 Å². The summed E-state index contributed by atoms with van der Waals surface area (Å²) in [5, 5.41) is 6.82. The molecular weight excluding hydrogens is 507 g/mol. The van der Waals surface area contributed by atoms with Crippen molar-refractivity contribution in [2.75, 3.05) is 20.1 Å². The molecular formula is C23H33IN4OS. The molecule has 1 saturated heterocycles. The van der Waals surface area contributed by atoms with Crippen LogP contribution in [0.15, 0.2) is 41.4 Å². The maximum atomic E-state index is 12.7. The highest BCUT2D eigenvalue weighted by atomic mass is 127. The van der Waals surface area contributed by atoms with E-state index in [1.165, 1.54) is 16.2 Å². The van der Waals surface area contributed by atoms with Crippen LogP contribution in [0.1, 0.15) is 51.9 Å². The highest BCUT2D eigenvalue weighted by molar-refractivity contribution is 14.0. The fraction of sp³-hybridized carbons (Fsp3) is 0.478. The molecule has 0 saturated carbocycles. The molecule has 5 nitrogen and oxygen atoms in total. The molecule has 164 valence electrons. The largest absolute Gasteiger partial charge is 0.354 e. The molecule has 1 unspecified atom stereocenters. The summed E-state index contributed by atoms with van der Waals surface area (Å²) in [7, 11) is 1.79. The van der Waals surface area contributed by atoms with Gasteiger partial charge >= 0.3 is 0 Å². The third kappa shape index (κ3) is 7.27. The number of nitrogens with one attached hydrogen (secondary N) is 2. The molecule has 2 aromatic rings. The normalized spacial score (nSPS) is 15.3. The zero-order valence-electron chi connectivity index (χ0n) is 18.1. The monoisotopic (exact) mass is 540 g/mol. The maximum Gasteiger partial charge on any atom is 0.253 e. The Labute approximate surface area is 201 Å². The van der Waals surface area contributed by atoms with Crippen molar-refractivity contribution in [1.29, 1.82) is 0 Å². The van der Waals surface area contributed by atoms with E-state index in [4.69, 9.17) is 0 Å². The number of carbonyl (C=O) groups is 1. The molecule has 30 heavy (non-hydrogen) atoms. The average Bonchev–Trinajstić information content (AvgIpc) is 3.15. The number of guanidine groups is 1. The van der Waals surface area contributed by atoms with Crippen LogP contribution in [0.25, 0.3) is 0 Å². The van der Waals surface area contributed by atoms with E-state index in [0.29, 0.717) is 6.54 Å². The van der Waals surface area contributed by atoms with Crippen LogP contribution in [0.5, 0.6) is 0 Å². The summed E-state index contributed by atoms with van der Waals surface area (Å²) in [6, 6.07) is 12.6. The van der Waals surface area contributed by atoms with E-state index in [2.05, 4.69) is 41.6 Å². The van der Waals surface area contributed by atoms with Crippen molar-refractivity contribution in [2.45, 2.75) is 52.1 Å².